The second kappa shape index (κ2) is 19.0. The Balaban J connectivity index is 1.19. The number of benzene rings is 5. The van der Waals surface area contributed by atoms with Crippen LogP contribution in [0.3, 0.4) is 0 Å². The van der Waals surface area contributed by atoms with Crippen LogP contribution < -0.4 is 0 Å². The lowest BCUT2D eigenvalue weighted by molar-refractivity contribution is -0.385. The summed E-state index contributed by atoms with van der Waals surface area (Å²) in [5.41, 5.74) is 1.34. The van der Waals surface area contributed by atoms with E-state index >= 15 is 0 Å². The van der Waals surface area contributed by atoms with Crippen LogP contribution in [-0.4, -0.2) is 97.0 Å². The van der Waals surface area contributed by atoms with Crippen LogP contribution >= 0.6 is 0 Å². The van der Waals surface area contributed by atoms with Gasteiger partial charge in [-0.15, -0.1) is 0 Å². The minimum atomic E-state index is -1.77. The van der Waals surface area contributed by atoms with Crippen LogP contribution in [0.25, 0.3) is 0 Å². The third kappa shape index (κ3) is 9.55. The van der Waals surface area contributed by atoms with Crippen molar-refractivity contribution >= 4 is 23.9 Å². The monoisotopic (exact) mass is 830 g/mol. The molecule has 5 aromatic rings. The predicted octanol–water partition coefficient (Wildman–Crippen LogP) is 5.85. The number of carbonyl (C=O) groups excluding carboxylic acids is 4. The molecule has 314 valence electrons. The van der Waals surface area contributed by atoms with Crippen LogP contribution in [0.1, 0.15) is 60.2 Å². The number of fused-ring (bicyclic) bond motifs is 1. The summed E-state index contributed by atoms with van der Waals surface area (Å²) in [6.45, 7) is 1.51. The van der Waals surface area contributed by atoms with Gasteiger partial charge in [0.25, 0.3) is 0 Å². The molecule has 3 saturated heterocycles. The fraction of sp³-hybridized carbons (Fsp3) is 0.277. The Morgan fingerprint density at radius 3 is 1.38 bits per heavy atom. The fourth-order valence-corrected chi connectivity index (χ4v) is 7.35. The van der Waals surface area contributed by atoms with E-state index in [0.29, 0.717) is 5.56 Å². The summed E-state index contributed by atoms with van der Waals surface area (Å²) in [6, 6.07) is 41.5. The van der Waals surface area contributed by atoms with E-state index in [1.165, 1.54) is 24.3 Å². The van der Waals surface area contributed by atoms with E-state index in [-0.39, 0.29) is 28.9 Å². The molecule has 5 aromatic carbocycles. The summed E-state index contributed by atoms with van der Waals surface area (Å²) in [5.74, 6) is -3.25. The molecule has 0 radical (unpaired) electrons. The lowest BCUT2D eigenvalue weighted by Gasteiger charge is -2.50. The van der Waals surface area contributed by atoms with Crippen molar-refractivity contribution in [2.75, 3.05) is 6.61 Å². The van der Waals surface area contributed by atoms with Crippen molar-refractivity contribution in [1.82, 2.24) is 0 Å². The van der Waals surface area contributed by atoms with Gasteiger partial charge in [0.2, 0.25) is 0 Å². The van der Waals surface area contributed by atoms with Crippen molar-refractivity contribution in [3.8, 4) is 0 Å². The first-order valence-electron chi connectivity index (χ1n) is 19.7. The third-order valence-electron chi connectivity index (χ3n) is 10.4. The number of aliphatic hydroxyl groups excluding tert-OH is 1. The molecule has 0 amide bonds. The van der Waals surface area contributed by atoms with E-state index in [1.54, 1.807) is 116 Å². The van der Waals surface area contributed by atoms with Crippen LogP contribution in [0.4, 0.5) is 0 Å². The maximum absolute atomic E-state index is 14.0. The largest absolute Gasteiger partial charge is 0.452 e. The zero-order valence-electron chi connectivity index (χ0n) is 32.7. The van der Waals surface area contributed by atoms with Crippen LogP contribution in [0.2, 0.25) is 0 Å². The molecule has 3 heterocycles. The Morgan fingerprint density at radius 1 is 0.492 bits per heavy atom. The second-order valence-electron chi connectivity index (χ2n) is 14.5. The molecule has 3 aliphatic heterocycles. The Hall–Kier alpha value is -6.26. The van der Waals surface area contributed by atoms with Gasteiger partial charge in [0.1, 0.15) is 18.3 Å². The van der Waals surface area contributed by atoms with Gasteiger partial charge in [-0.05, 0) is 55.5 Å². The quantitative estimate of drug-likeness (QED) is 0.124. The number of aliphatic hydroxyl groups is 1. The molecule has 1 N–H and O–H groups in total. The summed E-state index contributed by atoms with van der Waals surface area (Å²) in [4.78, 5) is 55.1. The average molecular weight is 831 g/mol. The molecule has 2 unspecified atom stereocenters. The first kappa shape index (κ1) is 41.5. The van der Waals surface area contributed by atoms with Gasteiger partial charge in [0, 0.05) is 5.56 Å². The SMILES string of the molecule is C[C@@H]1O[C@@H](O[C@H]2[C@@H]3OC(c4ccccc4)OC[C@H]3OC(O)[C@@H]2OC(=O)c2ccccc2)[C@H](OC(=O)c2ccccc2)[C@H](OC(=O)c2ccccc2)[C@H]1OC(=O)c1ccccc1. The van der Waals surface area contributed by atoms with Crippen molar-refractivity contribution in [2.45, 2.75) is 74.6 Å². The predicted molar refractivity (Wildman–Crippen MR) is 213 cm³/mol. The number of hydrogen-bond donors (Lipinski definition) is 1. The van der Waals surface area contributed by atoms with Gasteiger partial charge in [-0.25, -0.2) is 19.2 Å². The fourth-order valence-electron chi connectivity index (χ4n) is 7.35. The molecule has 61 heavy (non-hydrogen) atoms. The molecule has 0 saturated carbocycles. The molecular weight excluding hydrogens is 789 g/mol. The maximum Gasteiger partial charge on any atom is 0.338 e. The summed E-state index contributed by atoms with van der Waals surface area (Å²) < 4.78 is 55.9. The van der Waals surface area contributed by atoms with Gasteiger partial charge < -0.3 is 47.7 Å². The smallest absolute Gasteiger partial charge is 0.338 e. The van der Waals surface area contributed by atoms with Gasteiger partial charge >= 0.3 is 23.9 Å². The standard InChI is InChI=1S/C47H42O14/c1-28-35(56-41(48)29-17-7-2-8-18-29)37(57-42(49)30-19-9-3-10-20-30)40(59-44(51)32-23-13-5-14-24-32)47(54-28)61-38-36-34(27-53-46(60-36)33-25-15-6-16-26-33)55-45(52)39(38)58-43(50)31-21-11-4-12-22-31/h2-26,28,34-40,45-47,52H,27H2,1H3/t28-,34+,35-,36+,37+,38-,39+,40+,45?,46?,47-/m0/s1. The Labute approximate surface area is 350 Å². The highest BCUT2D eigenvalue weighted by atomic mass is 16.8. The van der Waals surface area contributed by atoms with Crippen LogP contribution in [-0.2, 0) is 42.6 Å². The molecular formula is C47H42O14. The highest BCUT2D eigenvalue weighted by Gasteiger charge is 2.57. The molecule has 3 fully saturated rings. The van der Waals surface area contributed by atoms with E-state index in [2.05, 4.69) is 0 Å². The summed E-state index contributed by atoms with van der Waals surface area (Å²) >= 11 is 0. The molecule has 14 heteroatoms. The summed E-state index contributed by atoms with van der Waals surface area (Å²) in [7, 11) is 0. The molecule has 14 nitrogen and oxygen atoms in total. The van der Waals surface area contributed by atoms with Crippen molar-refractivity contribution in [3.05, 3.63) is 179 Å². The second-order valence-corrected chi connectivity index (χ2v) is 14.5. The van der Waals surface area contributed by atoms with Gasteiger partial charge in [-0.1, -0.05) is 103 Å². The highest BCUT2D eigenvalue weighted by Crippen LogP contribution is 2.39. The molecule has 3 aliphatic rings. The minimum absolute atomic E-state index is 0.0658. The van der Waals surface area contributed by atoms with E-state index in [0.717, 1.165) is 0 Å². The zero-order valence-corrected chi connectivity index (χ0v) is 32.7. The first-order valence-corrected chi connectivity index (χ1v) is 19.7. The number of ether oxygens (including phenoxy) is 9. The lowest BCUT2D eigenvalue weighted by atomic mass is 9.95. The topological polar surface area (TPSA) is 172 Å². The van der Waals surface area contributed by atoms with E-state index < -0.39 is 91.6 Å². The van der Waals surface area contributed by atoms with Crippen LogP contribution in [0.5, 0.6) is 0 Å². The zero-order chi connectivity index (χ0) is 42.3. The number of carbonyl (C=O) groups is 4. The number of esters is 4. The number of rotatable bonds is 11. The highest BCUT2D eigenvalue weighted by molar-refractivity contribution is 5.91. The van der Waals surface area contributed by atoms with E-state index in [4.69, 9.17) is 42.6 Å². The molecule has 11 atom stereocenters. The molecule has 0 bridgehead atoms. The Bertz CT molecular complexity index is 2240. The normalized spacial score (nSPS) is 28.3. The van der Waals surface area contributed by atoms with Crippen molar-refractivity contribution in [1.29, 1.82) is 0 Å². The van der Waals surface area contributed by atoms with Crippen LogP contribution in [0, 0.1) is 0 Å². The van der Waals surface area contributed by atoms with Gasteiger partial charge in [0.05, 0.1) is 35.0 Å². The Kier molecular flexibility index (Phi) is 12.9. The Morgan fingerprint density at radius 2 is 0.902 bits per heavy atom. The van der Waals surface area contributed by atoms with Crippen molar-refractivity contribution in [2.24, 2.45) is 0 Å². The molecule has 0 aliphatic carbocycles. The van der Waals surface area contributed by atoms with Crippen LogP contribution in [0.15, 0.2) is 152 Å². The molecule has 0 aromatic heterocycles. The lowest BCUT2D eigenvalue weighted by Crippen LogP contribution is -2.67. The van der Waals surface area contributed by atoms with Gasteiger partial charge in [-0.3, -0.25) is 0 Å². The third-order valence-corrected chi connectivity index (χ3v) is 10.4. The van der Waals surface area contributed by atoms with E-state index in [9.17, 15) is 24.3 Å². The molecule has 8 rings (SSSR count). The van der Waals surface area contributed by atoms with E-state index in [1.807, 2.05) is 18.2 Å². The minimum Gasteiger partial charge on any atom is -0.452 e. The number of hydrogen-bond acceptors (Lipinski definition) is 14. The average Bonchev–Trinajstić information content (AvgIpc) is 3.30. The first-order chi connectivity index (χ1) is 29.7. The summed E-state index contributed by atoms with van der Waals surface area (Å²) in [5, 5.41) is 11.5. The maximum atomic E-state index is 14.0. The van der Waals surface area contributed by atoms with Crippen molar-refractivity contribution < 1.29 is 66.9 Å². The van der Waals surface area contributed by atoms with Gasteiger partial charge in [-0.2, -0.15) is 0 Å². The molecule has 0 spiro atoms. The summed E-state index contributed by atoms with van der Waals surface area (Å²) in [6.07, 6.45) is -15.0. The van der Waals surface area contributed by atoms with Gasteiger partial charge in [0.15, 0.2) is 43.3 Å². The van der Waals surface area contributed by atoms with Crippen molar-refractivity contribution in [3.63, 3.8) is 0 Å².